The smallest absolute Gasteiger partial charge is 0.410 e. The lowest BCUT2D eigenvalue weighted by Gasteiger charge is -2.51. The minimum absolute atomic E-state index is 0.000243. The zero-order valence-electron chi connectivity index (χ0n) is 17.1. The first-order chi connectivity index (χ1) is 12.1. The van der Waals surface area contributed by atoms with E-state index in [1.165, 1.54) is 0 Å². The van der Waals surface area contributed by atoms with Crippen molar-refractivity contribution in [3.8, 4) is 0 Å². The summed E-state index contributed by atoms with van der Waals surface area (Å²) in [6.07, 6.45) is 5.96. The number of likely N-dealkylation sites (tertiary alicyclic amines) is 1. The van der Waals surface area contributed by atoms with Crippen LogP contribution < -0.4 is 0 Å². The number of aliphatic hydroxyl groups is 1. The standard InChI is InChI=1S/C21H34N2O3/c1-8-11-22-18(14(4)9-2)21(25)12-15-16(10-3)23(17(15)13-21)19(24)26-20(5,6)7/h8,11,15-17,25H,4,9-10,12-13H2,1-3,5-7H3/b11-8-,22-18?. The second-order valence-corrected chi connectivity index (χ2v) is 8.45. The van der Waals surface area contributed by atoms with Gasteiger partial charge in [-0.05, 0) is 52.5 Å². The van der Waals surface area contributed by atoms with E-state index in [0.29, 0.717) is 18.6 Å². The fraction of sp³-hybridized carbons (Fsp3) is 0.714. The molecule has 1 aliphatic heterocycles. The van der Waals surface area contributed by atoms with Crippen molar-refractivity contribution in [2.45, 2.75) is 90.5 Å². The molecule has 2 fully saturated rings. The molecule has 1 aliphatic carbocycles. The molecule has 0 radical (unpaired) electrons. The van der Waals surface area contributed by atoms with Crippen LogP contribution in [-0.4, -0.2) is 45.1 Å². The van der Waals surface area contributed by atoms with Gasteiger partial charge in [0.1, 0.15) is 11.2 Å². The van der Waals surface area contributed by atoms with Gasteiger partial charge < -0.3 is 14.7 Å². The predicted octanol–water partition coefficient (Wildman–Crippen LogP) is 4.47. The number of aliphatic imine (C=N–C) groups is 1. The number of ether oxygens (including phenoxy) is 1. The molecule has 1 saturated carbocycles. The lowest BCUT2D eigenvalue weighted by molar-refractivity contribution is -0.0584. The zero-order chi connectivity index (χ0) is 19.7. The first-order valence-electron chi connectivity index (χ1n) is 9.69. The molecule has 5 nitrogen and oxygen atoms in total. The number of nitrogens with zero attached hydrogens (tertiary/aromatic N) is 2. The van der Waals surface area contributed by atoms with Crippen LogP contribution in [0, 0.1) is 5.92 Å². The van der Waals surface area contributed by atoms with E-state index >= 15 is 0 Å². The van der Waals surface area contributed by atoms with Crippen LogP contribution in [0.2, 0.25) is 0 Å². The Morgan fingerprint density at radius 3 is 2.54 bits per heavy atom. The highest BCUT2D eigenvalue weighted by atomic mass is 16.6. The molecule has 1 amide bonds. The molecule has 4 unspecified atom stereocenters. The van der Waals surface area contributed by atoms with Crippen LogP contribution in [0.4, 0.5) is 4.79 Å². The second-order valence-electron chi connectivity index (χ2n) is 8.45. The quantitative estimate of drug-likeness (QED) is 0.734. The Bertz CT molecular complexity index is 617. The Hall–Kier alpha value is -1.62. The summed E-state index contributed by atoms with van der Waals surface area (Å²) >= 11 is 0. The van der Waals surface area contributed by atoms with Gasteiger partial charge >= 0.3 is 6.09 Å². The Kier molecular flexibility index (Phi) is 6.01. The molecule has 0 aromatic rings. The van der Waals surface area contributed by atoms with Crippen molar-refractivity contribution in [3.63, 3.8) is 0 Å². The summed E-state index contributed by atoms with van der Waals surface area (Å²) in [5, 5.41) is 11.4. The Balaban J connectivity index is 2.26. The predicted molar refractivity (Wildman–Crippen MR) is 105 cm³/mol. The summed E-state index contributed by atoms with van der Waals surface area (Å²) in [5.74, 6) is 0.276. The lowest BCUT2D eigenvalue weighted by atomic mass is 9.80. The van der Waals surface area contributed by atoms with Crippen molar-refractivity contribution in [3.05, 3.63) is 24.4 Å². The molecule has 5 heteroatoms. The molecule has 0 bridgehead atoms. The van der Waals surface area contributed by atoms with Crippen molar-refractivity contribution in [1.82, 2.24) is 4.90 Å². The molecule has 0 spiro atoms. The molecule has 146 valence electrons. The van der Waals surface area contributed by atoms with Crippen molar-refractivity contribution in [1.29, 1.82) is 0 Å². The maximum atomic E-state index is 12.7. The summed E-state index contributed by atoms with van der Waals surface area (Å²) in [6.45, 7) is 15.7. The van der Waals surface area contributed by atoms with Gasteiger partial charge in [0.2, 0.25) is 0 Å². The van der Waals surface area contributed by atoms with Crippen molar-refractivity contribution < 1.29 is 14.6 Å². The molecular weight excluding hydrogens is 328 g/mol. The highest BCUT2D eigenvalue weighted by molar-refractivity contribution is 6.06. The van der Waals surface area contributed by atoms with Gasteiger partial charge in [-0.1, -0.05) is 26.5 Å². The number of hydrogen-bond donors (Lipinski definition) is 1. The Morgan fingerprint density at radius 2 is 2.04 bits per heavy atom. The largest absolute Gasteiger partial charge is 0.444 e. The molecule has 2 rings (SSSR count). The fourth-order valence-corrected chi connectivity index (χ4v) is 4.29. The third-order valence-electron chi connectivity index (χ3n) is 5.40. The van der Waals surface area contributed by atoms with Gasteiger partial charge in [0.15, 0.2) is 0 Å². The van der Waals surface area contributed by atoms with E-state index in [9.17, 15) is 9.90 Å². The van der Waals surface area contributed by atoms with Crippen molar-refractivity contribution in [2.24, 2.45) is 10.9 Å². The van der Waals surface area contributed by atoms with E-state index < -0.39 is 11.2 Å². The summed E-state index contributed by atoms with van der Waals surface area (Å²) in [5.41, 5.74) is -0.0495. The topological polar surface area (TPSA) is 62.1 Å². The summed E-state index contributed by atoms with van der Waals surface area (Å²) in [6, 6.07) is 0.113. The summed E-state index contributed by atoms with van der Waals surface area (Å²) < 4.78 is 5.59. The van der Waals surface area contributed by atoms with Gasteiger partial charge in [0.05, 0.1) is 5.71 Å². The number of amides is 1. The highest BCUT2D eigenvalue weighted by Gasteiger charge is 2.61. The van der Waals surface area contributed by atoms with Crippen LogP contribution in [0.5, 0.6) is 0 Å². The van der Waals surface area contributed by atoms with Gasteiger partial charge in [0.25, 0.3) is 0 Å². The third kappa shape index (κ3) is 3.88. The number of hydrogen-bond acceptors (Lipinski definition) is 4. The molecule has 4 atom stereocenters. The maximum absolute atomic E-state index is 12.7. The molecule has 0 aromatic heterocycles. The lowest BCUT2D eigenvalue weighted by Crippen LogP contribution is -2.64. The fourth-order valence-electron chi connectivity index (χ4n) is 4.29. The monoisotopic (exact) mass is 362 g/mol. The summed E-state index contributed by atoms with van der Waals surface area (Å²) in [7, 11) is 0. The first kappa shape index (κ1) is 20.7. The number of allylic oxidation sites excluding steroid dienone is 1. The van der Waals surface area contributed by atoms with Gasteiger partial charge in [-0.2, -0.15) is 0 Å². The van der Waals surface area contributed by atoms with E-state index in [-0.39, 0.29) is 24.1 Å². The Labute approximate surface area is 157 Å². The molecule has 2 aliphatic rings. The average molecular weight is 363 g/mol. The van der Waals surface area contributed by atoms with E-state index in [4.69, 9.17) is 4.74 Å². The van der Waals surface area contributed by atoms with Crippen LogP contribution in [0.3, 0.4) is 0 Å². The normalized spacial score (nSPS) is 31.7. The van der Waals surface area contributed by atoms with Crippen LogP contribution in [0.25, 0.3) is 0 Å². The van der Waals surface area contributed by atoms with Gasteiger partial charge in [-0.25, -0.2) is 4.79 Å². The van der Waals surface area contributed by atoms with Gasteiger partial charge in [0, 0.05) is 30.6 Å². The minimum Gasteiger partial charge on any atom is -0.444 e. The Morgan fingerprint density at radius 1 is 1.38 bits per heavy atom. The van der Waals surface area contributed by atoms with Crippen LogP contribution in [0.1, 0.15) is 67.2 Å². The minimum atomic E-state index is -1.04. The molecule has 1 saturated heterocycles. The number of fused-ring (bicyclic) bond motifs is 1. The number of carbonyl (C=O) groups is 1. The van der Waals surface area contributed by atoms with Crippen LogP contribution >= 0.6 is 0 Å². The van der Waals surface area contributed by atoms with Gasteiger partial charge in [-0.3, -0.25) is 4.99 Å². The van der Waals surface area contributed by atoms with Crippen LogP contribution in [0.15, 0.2) is 29.4 Å². The zero-order valence-corrected chi connectivity index (χ0v) is 17.1. The van der Waals surface area contributed by atoms with E-state index in [1.807, 2.05) is 45.6 Å². The van der Waals surface area contributed by atoms with Gasteiger partial charge in [-0.15, -0.1) is 0 Å². The average Bonchev–Trinajstić information content (AvgIpc) is 2.81. The summed E-state index contributed by atoms with van der Waals surface area (Å²) in [4.78, 5) is 19.0. The maximum Gasteiger partial charge on any atom is 0.410 e. The molecule has 1 N–H and O–H groups in total. The van der Waals surface area contributed by atoms with E-state index in [0.717, 1.165) is 18.4 Å². The molecular formula is C21H34N2O3. The molecule has 26 heavy (non-hydrogen) atoms. The SMILES string of the molecule is C=C(CC)C(=N/C=C\C)C1(O)CC2C(CC)N(C(=O)OC(C)(C)C)C2C1. The molecule has 1 heterocycles. The van der Waals surface area contributed by atoms with Crippen molar-refractivity contribution >= 4 is 11.8 Å². The van der Waals surface area contributed by atoms with E-state index in [1.54, 1.807) is 6.20 Å². The first-order valence-corrected chi connectivity index (χ1v) is 9.69. The second kappa shape index (κ2) is 7.55. The van der Waals surface area contributed by atoms with E-state index in [2.05, 4.69) is 18.5 Å². The molecule has 0 aromatic carbocycles. The third-order valence-corrected chi connectivity index (χ3v) is 5.40. The van der Waals surface area contributed by atoms with Crippen molar-refractivity contribution in [2.75, 3.05) is 0 Å². The number of rotatable bonds is 5. The number of carbonyl (C=O) groups excluding carboxylic acids is 1. The van der Waals surface area contributed by atoms with Crippen LogP contribution in [-0.2, 0) is 4.74 Å². The highest BCUT2D eigenvalue weighted by Crippen LogP contribution is 2.51.